The van der Waals surface area contributed by atoms with Gasteiger partial charge in [-0.05, 0) is 61.9 Å². The largest absolute Gasteiger partial charge is 0.508 e. The molecule has 0 heterocycles. The van der Waals surface area contributed by atoms with Crippen molar-refractivity contribution in [1.29, 1.82) is 0 Å². The zero-order chi connectivity index (χ0) is 15.4. The highest BCUT2D eigenvalue weighted by Gasteiger charge is 2.07. The third-order valence-corrected chi connectivity index (χ3v) is 2.99. The Hall–Kier alpha value is -2.82. The lowest BCUT2D eigenvalue weighted by Gasteiger charge is -2.09. The number of rotatable bonds is 3. The van der Waals surface area contributed by atoms with Gasteiger partial charge in [-0.2, -0.15) is 0 Å². The van der Waals surface area contributed by atoms with Crippen LogP contribution >= 0.6 is 0 Å². The Balaban J connectivity index is 2.04. The van der Waals surface area contributed by atoms with Crippen LogP contribution in [0.2, 0.25) is 0 Å². The van der Waals surface area contributed by atoms with Gasteiger partial charge in [0.05, 0.1) is 0 Å². The average molecular weight is 284 g/mol. The number of carbonyl (C=O) groups excluding carboxylic acids is 2. The van der Waals surface area contributed by atoms with E-state index in [0.717, 1.165) is 5.56 Å². The number of anilines is 2. The van der Waals surface area contributed by atoms with Gasteiger partial charge in [0, 0.05) is 16.9 Å². The van der Waals surface area contributed by atoms with E-state index in [4.69, 9.17) is 0 Å². The Morgan fingerprint density at radius 3 is 2.10 bits per heavy atom. The van der Waals surface area contributed by atoms with E-state index in [9.17, 15) is 14.7 Å². The standard InChI is InChI=1S/C16H16N2O3/c1-10-9-13(5-8-15(10)11(2)19)18-16(21)17-12-3-6-14(20)7-4-12/h3-9,20H,1-2H3,(H2,17,18,21). The number of nitrogens with one attached hydrogen (secondary N) is 2. The number of hydrogen-bond donors (Lipinski definition) is 3. The minimum absolute atomic E-state index is 0.00686. The van der Waals surface area contributed by atoms with Crippen LogP contribution in [0.25, 0.3) is 0 Å². The molecule has 0 saturated carbocycles. The predicted molar refractivity (Wildman–Crippen MR) is 81.9 cm³/mol. The molecular weight excluding hydrogens is 268 g/mol. The van der Waals surface area contributed by atoms with Gasteiger partial charge in [0.15, 0.2) is 5.78 Å². The van der Waals surface area contributed by atoms with Crippen molar-refractivity contribution in [3.63, 3.8) is 0 Å². The van der Waals surface area contributed by atoms with E-state index in [2.05, 4.69) is 10.6 Å². The molecule has 5 heteroatoms. The number of benzene rings is 2. The number of amides is 2. The topological polar surface area (TPSA) is 78.4 Å². The molecule has 21 heavy (non-hydrogen) atoms. The lowest BCUT2D eigenvalue weighted by atomic mass is 10.1. The lowest BCUT2D eigenvalue weighted by molar-refractivity contribution is 0.101. The molecule has 0 aliphatic carbocycles. The summed E-state index contributed by atoms with van der Waals surface area (Å²) in [5.74, 6) is 0.129. The Bertz CT molecular complexity index is 678. The molecule has 0 fully saturated rings. The molecule has 0 saturated heterocycles. The third kappa shape index (κ3) is 3.82. The van der Waals surface area contributed by atoms with Crippen LogP contribution in [0.5, 0.6) is 5.75 Å². The molecule has 2 aromatic rings. The number of aryl methyl sites for hydroxylation is 1. The summed E-state index contributed by atoms with van der Waals surface area (Å²) in [5, 5.41) is 14.5. The maximum absolute atomic E-state index is 11.8. The molecule has 0 radical (unpaired) electrons. The van der Waals surface area contributed by atoms with Crippen LogP contribution in [0.4, 0.5) is 16.2 Å². The van der Waals surface area contributed by atoms with E-state index < -0.39 is 6.03 Å². The second kappa shape index (κ2) is 6.09. The van der Waals surface area contributed by atoms with Crippen molar-refractivity contribution in [3.05, 3.63) is 53.6 Å². The molecule has 2 rings (SSSR count). The minimum atomic E-state index is -0.393. The summed E-state index contributed by atoms with van der Waals surface area (Å²) >= 11 is 0. The van der Waals surface area contributed by atoms with Crippen LogP contribution in [0.1, 0.15) is 22.8 Å². The monoisotopic (exact) mass is 284 g/mol. The summed E-state index contributed by atoms with van der Waals surface area (Å²) < 4.78 is 0. The summed E-state index contributed by atoms with van der Waals surface area (Å²) in [6, 6.07) is 10.9. The molecule has 0 bridgehead atoms. The highest BCUT2D eigenvalue weighted by molar-refractivity contribution is 6.01. The number of Topliss-reactive ketones (excluding diaryl/α,β-unsaturated/α-hetero) is 1. The number of hydrogen-bond acceptors (Lipinski definition) is 3. The van der Waals surface area contributed by atoms with Gasteiger partial charge in [0.2, 0.25) is 0 Å². The number of aromatic hydroxyl groups is 1. The van der Waals surface area contributed by atoms with E-state index in [-0.39, 0.29) is 11.5 Å². The highest BCUT2D eigenvalue weighted by atomic mass is 16.3. The van der Waals surface area contributed by atoms with Crippen molar-refractivity contribution in [2.45, 2.75) is 13.8 Å². The molecular formula is C16H16N2O3. The summed E-state index contributed by atoms with van der Waals surface area (Å²) in [7, 11) is 0. The van der Waals surface area contributed by atoms with E-state index in [1.54, 1.807) is 30.3 Å². The lowest BCUT2D eigenvalue weighted by Crippen LogP contribution is -2.19. The quantitative estimate of drug-likeness (QED) is 0.595. The van der Waals surface area contributed by atoms with Crippen LogP contribution in [-0.2, 0) is 0 Å². The zero-order valence-corrected chi connectivity index (χ0v) is 11.8. The van der Waals surface area contributed by atoms with Gasteiger partial charge in [-0.1, -0.05) is 0 Å². The fourth-order valence-electron chi connectivity index (χ4n) is 1.97. The SMILES string of the molecule is CC(=O)c1ccc(NC(=O)Nc2ccc(O)cc2)cc1C. The van der Waals surface area contributed by atoms with Gasteiger partial charge < -0.3 is 15.7 Å². The van der Waals surface area contributed by atoms with Gasteiger partial charge >= 0.3 is 6.03 Å². The van der Waals surface area contributed by atoms with Crippen molar-refractivity contribution in [3.8, 4) is 5.75 Å². The molecule has 0 unspecified atom stereocenters. The molecule has 5 nitrogen and oxygen atoms in total. The summed E-state index contributed by atoms with van der Waals surface area (Å²) in [6.45, 7) is 3.33. The molecule has 2 aromatic carbocycles. The van der Waals surface area contributed by atoms with Crippen LogP contribution in [0.3, 0.4) is 0 Å². The van der Waals surface area contributed by atoms with Crippen molar-refractivity contribution in [2.24, 2.45) is 0 Å². The normalized spacial score (nSPS) is 10.0. The summed E-state index contributed by atoms with van der Waals surface area (Å²) in [4.78, 5) is 23.2. The van der Waals surface area contributed by atoms with Gasteiger partial charge in [-0.25, -0.2) is 4.79 Å². The van der Waals surface area contributed by atoms with Crippen LogP contribution in [0.15, 0.2) is 42.5 Å². The molecule has 3 N–H and O–H groups in total. The van der Waals surface area contributed by atoms with Crippen LogP contribution in [-0.4, -0.2) is 16.9 Å². The fourth-order valence-corrected chi connectivity index (χ4v) is 1.97. The summed E-state index contributed by atoms with van der Waals surface area (Å²) in [5.41, 5.74) is 2.63. The maximum Gasteiger partial charge on any atom is 0.323 e. The van der Waals surface area contributed by atoms with E-state index >= 15 is 0 Å². The molecule has 0 aliphatic rings. The Morgan fingerprint density at radius 1 is 0.952 bits per heavy atom. The minimum Gasteiger partial charge on any atom is -0.508 e. The Kier molecular flexibility index (Phi) is 4.23. The molecule has 2 amide bonds. The average Bonchev–Trinajstić information content (AvgIpc) is 2.41. The zero-order valence-electron chi connectivity index (χ0n) is 11.8. The fraction of sp³-hybridized carbons (Fsp3) is 0.125. The molecule has 0 spiro atoms. The van der Waals surface area contributed by atoms with E-state index in [1.165, 1.54) is 19.1 Å². The van der Waals surface area contributed by atoms with Crippen LogP contribution in [0, 0.1) is 6.92 Å². The van der Waals surface area contributed by atoms with E-state index in [0.29, 0.717) is 16.9 Å². The van der Waals surface area contributed by atoms with Crippen LogP contribution < -0.4 is 10.6 Å². The van der Waals surface area contributed by atoms with Gasteiger partial charge in [-0.3, -0.25) is 4.79 Å². The molecule has 0 atom stereocenters. The van der Waals surface area contributed by atoms with Crippen molar-refractivity contribution < 1.29 is 14.7 Å². The number of phenolic OH excluding ortho intramolecular Hbond substituents is 1. The Morgan fingerprint density at radius 2 is 1.52 bits per heavy atom. The molecule has 0 aromatic heterocycles. The number of ketones is 1. The molecule has 0 aliphatic heterocycles. The van der Waals surface area contributed by atoms with Gasteiger partial charge in [0.1, 0.15) is 5.75 Å². The number of phenols is 1. The first kappa shape index (κ1) is 14.6. The van der Waals surface area contributed by atoms with Gasteiger partial charge in [-0.15, -0.1) is 0 Å². The second-order valence-corrected chi connectivity index (χ2v) is 4.71. The second-order valence-electron chi connectivity index (χ2n) is 4.71. The Labute approximate surface area is 122 Å². The molecule has 108 valence electrons. The van der Waals surface area contributed by atoms with Crippen molar-refractivity contribution in [1.82, 2.24) is 0 Å². The first-order valence-electron chi connectivity index (χ1n) is 6.44. The number of urea groups is 1. The number of carbonyl (C=O) groups is 2. The first-order valence-corrected chi connectivity index (χ1v) is 6.44. The smallest absolute Gasteiger partial charge is 0.323 e. The highest BCUT2D eigenvalue weighted by Crippen LogP contribution is 2.17. The third-order valence-electron chi connectivity index (χ3n) is 2.99. The predicted octanol–water partition coefficient (Wildman–Crippen LogP) is 3.55. The van der Waals surface area contributed by atoms with Crippen molar-refractivity contribution >= 4 is 23.2 Å². The van der Waals surface area contributed by atoms with Gasteiger partial charge in [0.25, 0.3) is 0 Å². The van der Waals surface area contributed by atoms with E-state index in [1.807, 2.05) is 6.92 Å². The summed E-state index contributed by atoms with van der Waals surface area (Å²) in [6.07, 6.45) is 0. The maximum atomic E-state index is 11.8. The first-order chi connectivity index (χ1) is 9.95. The van der Waals surface area contributed by atoms with Crippen molar-refractivity contribution in [2.75, 3.05) is 10.6 Å².